The molecule has 0 saturated carbocycles. The minimum Gasteiger partial charge on any atom is -0.465 e. The Balaban J connectivity index is 3.08. The number of nitro groups is 1. The summed E-state index contributed by atoms with van der Waals surface area (Å²) in [6, 6.07) is 5.83. The van der Waals surface area contributed by atoms with Crippen LogP contribution in [0.25, 0.3) is 0 Å². The first-order valence-corrected chi connectivity index (χ1v) is 4.38. The molecule has 0 aliphatic carbocycles. The molecule has 6 nitrogen and oxygen atoms in total. The van der Waals surface area contributed by atoms with Crippen LogP contribution in [0.5, 0.6) is 0 Å². The molecule has 84 valence electrons. The molecule has 0 heterocycles. The summed E-state index contributed by atoms with van der Waals surface area (Å²) in [4.78, 5) is 32.2. The van der Waals surface area contributed by atoms with Crippen molar-refractivity contribution in [2.24, 2.45) is 0 Å². The topological polar surface area (TPSA) is 86.5 Å². The van der Waals surface area contributed by atoms with Crippen molar-refractivity contribution in [1.29, 1.82) is 0 Å². The number of hydrogen-bond acceptors (Lipinski definition) is 5. The van der Waals surface area contributed by atoms with Gasteiger partial charge in [0.2, 0.25) is 5.78 Å². The largest absolute Gasteiger partial charge is 0.465 e. The Morgan fingerprint density at radius 1 is 1.31 bits per heavy atom. The number of methoxy groups -OCH3 is 1. The molecule has 16 heavy (non-hydrogen) atoms. The molecule has 0 N–H and O–H groups in total. The fraction of sp³-hybridized carbons (Fsp3) is 0.200. The van der Waals surface area contributed by atoms with Gasteiger partial charge in [0.15, 0.2) is 0 Å². The number of benzene rings is 1. The number of ether oxygens (including phenoxy) is 1. The fourth-order valence-electron chi connectivity index (χ4n) is 1.22. The van der Waals surface area contributed by atoms with E-state index in [0.717, 1.165) is 0 Å². The third kappa shape index (κ3) is 2.63. The molecule has 0 spiro atoms. The van der Waals surface area contributed by atoms with Crippen LogP contribution in [0.2, 0.25) is 0 Å². The first-order chi connectivity index (χ1) is 7.56. The molecule has 1 aromatic rings. The number of nitrogens with zero attached hydrogens (tertiary/aromatic N) is 1. The Morgan fingerprint density at radius 2 is 1.88 bits per heavy atom. The van der Waals surface area contributed by atoms with Crippen molar-refractivity contribution in [3.05, 3.63) is 45.5 Å². The molecule has 0 fully saturated rings. The van der Waals surface area contributed by atoms with Gasteiger partial charge in [-0.1, -0.05) is 18.2 Å². The second-order valence-corrected chi connectivity index (χ2v) is 2.95. The van der Waals surface area contributed by atoms with Crippen LogP contribution in [-0.4, -0.2) is 30.3 Å². The van der Waals surface area contributed by atoms with E-state index in [4.69, 9.17) is 0 Å². The summed E-state index contributed by atoms with van der Waals surface area (Å²) >= 11 is 0. The molecule has 0 radical (unpaired) electrons. The van der Waals surface area contributed by atoms with E-state index in [0.29, 0.717) is 0 Å². The van der Waals surface area contributed by atoms with Gasteiger partial charge in [-0.15, -0.1) is 0 Å². The van der Waals surface area contributed by atoms with Gasteiger partial charge in [0.05, 0.1) is 12.7 Å². The van der Waals surface area contributed by atoms with E-state index in [9.17, 15) is 19.7 Å². The highest BCUT2D eigenvalue weighted by atomic mass is 16.6. The monoisotopic (exact) mass is 223 g/mol. The van der Waals surface area contributed by atoms with E-state index < -0.39 is 23.2 Å². The van der Waals surface area contributed by atoms with E-state index in [1.165, 1.54) is 25.3 Å². The smallest absolute Gasteiger partial charge is 0.338 e. The van der Waals surface area contributed by atoms with Crippen LogP contribution in [0.4, 0.5) is 0 Å². The van der Waals surface area contributed by atoms with E-state index in [1.807, 2.05) is 0 Å². The normalized spacial score (nSPS) is 9.56. The minimum atomic E-state index is -0.839. The molecule has 0 atom stereocenters. The summed E-state index contributed by atoms with van der Waals surface area (Å²) in [7, 11) is 1.18. The van der Waals surface area contributed by atoms with Gasteiger partial charge in [-0.2, -0.15) is 0 Å². The summed E-state index contributed by atoms with van der Waals surface area (Å²) in [6.07, 6.45) is 0. The third-order valence-electron chi connectivity index (χ3n) is 1.91. The van der Waals surface area contributed by atoms with Gasteiger partial charge < -0.3 is 4.74 Å². The molecule has 1 rings (SSSR count). The molecule has 0 unspecified atom stereocenters. The third-order valence-corrected chi connectivity index (χ3v) is 1.91. The molecule has 0 aliphatic heterocycles. The van der Waals surface area contributed by atoms with Crippen molar-refractivity contribution in [2.45, 2.75) is 0 Å². The Morgan fingerprint density at radius 3 is 2.38 bits per heavy atom. The van der Waals surface area contributed by atoms with Crippen LogP contribution in [0.1, 0.15) is 20.7 Å². The zero-order valence-electron chi connectivity index (χ0n) is 8.50. The van der Waals surface area contributed by atoms with Gasteiger partial charge in [-0.05, 0) is 6.07 Å². The summed E-state index contributed by atoms with van der Waals surface area (Å²) in [6.45, 7) is -0.839. The molecular weight excluding hydrogens is 214 g/mol. The van der Waals surface area contributed by atoms with Crippen LogP contribution in [0.3, 0.4) is 0 Å². The second kappa shape index (κ2) is 5.01. The zero-order chi connectivity index (χ0) is 12.1. The molecule has 0 aromatic heterocycles. The lowest BCUT2D eigenvalue weighted by Crippen LogP contribution is -2.17. The Kier molecular flexibility index (Phi) is 3.71. The molecule has 0 bridgehead atoms. The van der Waals surface area contributed by atoms with Crippen molar-refractivity contribution in [1.82, 2.24) is 0 Å². The van der Waals surface area contributed by atoms with E-state index in [1.54, 1.807) is 6.07 Å². The van der Waals surface area contributed by atoms with Gasteiger partial charge in [-0.3, -0.25) is 14.9 Å². The number of Topliss-reactive ketones (excluding diaryl/α,β-unsaturated/α-hetero) is 1. The first kappa shape index (κ1) is 11.8. The van der Waals surface area contributed by atoms with Gasteiger partial charge in [-0.25, -0.2) is 4.79 Å². The Hall–Kier alpha value is -2.24. The van der Waals surface area contributed by atoms with Crippen molar-refractivity contribution in [2.75, 3.05) is 13.7 Å². The summed E-state index contributed by atoms with van der Waals surface area (Å²) in [5.74, 6) is -1.40. The van der Waals surface area contributed by atoms with Crippen molar-refractivity contribution >= 4 is 11.8 Å². The SMILES string of the molecule is COC(=O)c1ccccc1C(=O)C[N+](=O)[O-]. The number of esters is 1. The highest BCUT2D eigenvalue weighted by Gasteiger charge is 2.20. The Labute approximate surface area is 91.0 Å². The van der Waals surface area contributed by atoms with E-state index in [-0.39, 0.29) is 11.1 Å². The predicted octanol–water partition coefficient (Wildman–Crippen LogP) is 0.933. The van der Waals surface area contributed by atoms with Gasteiger partial charge in [0.1, 0.15) is 0 Å². The van der Waals surface area contributed by atoms with Crippen LogP contribution in [0.15, 0.2) is 24.3 Å². The highest BCUT2D eigenvalue weighted by molar-refractivity contribution is 6.06. The quantitative estimate of drug-likeness (QED) is 0.328. The van der Waals surface area contributed by atoms with Crippen molar-refractivity contribution < 1.29 is 19.2 Å². The van der Waals surface area contributed by atoms with Gasteiger partial charge in [0.25, 0.3) is 6.54 Å². The number of hydrogen-bond donors (Lipinski definition) is 0. The highest BCUT2D eigenvalue weighted by Crippen LogP contribution is 2.10. The van der Waals surface area contributed by atoms with Gasteiger partial charge in [0, 0.05) is 10.5 Å². The number of ketones is 1. The lowest BCUT2D eigenvalue weighted by Gasteiger charge is -2.04. The molecule has 1 aromatic carbocycles. The molecule has 0 aliphatic rings. The number of carbonyl (C=O) groups excluding carboxylic acids is 2. The van der Waals surface area contributed by atoms with Crippen molar-refractivity contribution in [3.8, 4) is 0 Å². The summed E-state index contributed by atoms with van der Waals surface area (Å²) in [5, 5.41) is 10.2. The maximum atomic E-state index is 11.4. The molecule has 6 heteroatoms. The molecular formula is C10H9NO5. The molecule has 0 amide bonds. The van der Waals surface area contributed by atoms with Crippen LogP contribution in [0, 0.1) is 10.1 Å². The van der Waals surface area contributed by atoms with Crippen LogP contribution < -0.4 is 0 Å². The lowest BCUT2D eigenvalue weighted by atomic mass is 10.0. The van der Waals surface area contributed by atoms with Gasteiger partial charge >= 0.3 is 5.97 Å². The van der Waals surface area contributed by atoms with Crippen molar-refractivity contribution in [3.63, 3.8) is 0 Å². The zero-order valence-corrected chi connectivity index (χ0v) is 8.50. The van der Waals surface area contributed by atoms with E-state index >= 15 is 0 Å². The standard InChI is InChI=1S/C10H9NO5/c1-16-10(13)8-5-3-2-4-7(8)9(12)6-11(14)15/h2-5H,6H2,1H3. The number of carbonyl (C=O) groups is 2. The summed E-state index contributed by atoms with van der Waals surface area (Å²) < 4.78 is 4.47. The summed E-state index contributed by atoms with van der Waals surface area (Å²) in [5.41, 5.74) is 0.0444. The van der Waals surface area contributed by atoms with Crippen LogP contribution in [-0.2, 0) is 4.74 Å². The lowest BCUT2D eigenvalue weighted by molar-refractivity contribution is -0.465. The van der Waals surface area contributed by atoms with Crippen LogP contribution >= 0.6 is 0 Å². The predicted molar refractivity (Wildman–Crippen MR) is 54.0 cm³/mol. The maximum absolute atomic E-state index is 11.4. The fourth-order valence-corrected chi connectivity index (χ4v) is 1.22. The minimum absolute atomic E-state index is 0.00560. The molecule has 0 saturated heterocycles. The first-order valence-electron chi connectivity index (χ1n) is 4.38. The second-order valence-electron chi connectivity index (χ2n) is 2.95. The average molecular weight is 223 g/mol. The maximum Gasteiger partial charge on any atom is 0.338 e. The number of rotatable bonds is 4. The average Bonchev–Trinajstić information content (AvgIpc) is 2.27. The Bertz CT molecular complexity index is 441. The van der Waals surface area contributed by atoms with E-state index in [2.05, 4.69) is 4.74 Å².